The lowest BCUT2D eigenvalue weighted by Crippen LogP contribution is -2.41. The van der Waals surface area contributed by atoms with Gasteiger partial charge in [-0.2, -0.15) is 0 Å². The molecule has 0 unspecified atom stereocenters. The predicted octanol–water partition coefficient (Wildman–Crippen LogP) is 2.21. The Morgan fingerprint density at radius 2 is 1.83 bits per heavy atom. The van der Waals surface area contributed by atoms with Crippen LogP contribution in [0.2, 0.25) is 0 Å². The molecule has 0 aliphatic carbocycles. The quantitative estimate of drug-likeness (QED) is 0.362. The number of hydrogen-bond acceptors (Lipinski definition) is 6. The summed E-state index contributed by atoms with van der Waals surface area (Å²) in [5.41, 5.74) is -2.58. The minimum atomic E-state index is -1.11. The summed E-state index contributed by atoms with van der Waals surface area (Å²) < 4.78 is 30.6. The third-order valence-electron chi connectivity index (χ3n) is 4.31. The van der Waals surface area contributed by atoms with Crippen molar-refractivity contribution in [2.24, 2.45) is 0 Å². The maximum atomic E-state index is 14.5. The van der Waals surface area contributed by atoms with Gasteiger partial charge in [0.2, 0.25) is 0 Å². The largest absolute Gasteiger partial charge is 0.498 e. The zero-order chi connectivity index (χ0) is 18.3. The van der Waals surface area contributed by atoms with Crippen molar-refractivity contribution < 1.29 is 28.2 Å². The van der Waals surface area contributed by atoms with Crippen LogP contribution >= 0.6 is 0 Å². The molecule has 9 heteroatoms. The number of carbonyl (C=O) groups excluding carboxylic acids is 1. The summed E-state index contributed by atoms with van der Waals surface area (Å²) in [7, 11) is -1.11. The zero-order valence-electron chi connectivity index (χ0n) is 14.2. The standard InChI is InChI=1S/C15H19BFNO6/c1-6-22-13(19)9-7-11(17)10(8-12(9)18(20)21)16-23-14(2,3)15(4,5)24-16/h7-8H,6H2,1-5H3. The third-order valence-corrected chi connectivity index (χ3v) is 4.31. The molecule has 1 fully saturated rings. The topological polar surface area (TPSA) is 87.9 Å². The van der Waals surface area contributed by atoms with E-state index in [0.29, 0.717) is 0 Å². The van der Waals surface area contributed by atoms with Crippen LogP contribution in [0.25, 0.3) is 0 Å². The molecule has 0 bridgehead atoms. The molecule has 0 N–H and O–H groups in total. The fraction of sp³-hybridized carbons (Fsp3) is 0.533. The minimum Gasteiger partial charge on any atom is -0.462 e. The van der Waals surface area contributed by atoms with Gasteiger partial charge < -0.3 is 14.0 Å². The van der Waals surface area contributed by atoms with Gasteiger partial charge in [0.15, 0.2) is 0 Å². The van der Waals surface area contributed by atoms with Crippen LogP contribution in [0, 0.1) is 15.9 Å². The Morgan fingerprint density at radius 3 is 2.29 bits per heavy atom. The average Bonchev–Trinajstić information content (AvgIpc) is 2.66. The Hall–Kier alpha value is -2.00. The number of halogens is 1. The normalized spacial score (nSPS) is 18.5. The molecule has 0 amide bonds. The fourth-order valence-electron chi connectivity index (χ4n) is 2.25. The van der Waals surface area contributed by atoms with Crippen molar-refractivity contribution in [2.75, 3.05) is 6.61 Å². The molecule has 1 aromatic carbocycles. The number of nitro groups is 1. The predicted molar refractivity (Wildman–Crippen MR) is 84.7 cm³/mol. The van der Waals surface area contributed by atoms with E-state index in [0.717, 1.165) is 12.1 Å². The number of carbonyl (C=O) groups is 1. The Labute approximate surface area is 139 Å². The number of nitro benzene ring substituents is 1. The first-order valence-corrected chi connectivity index (χ1v) is 7.50. The van der Waals surface area contributed by atoms with Gasteiger partial charge in [0.1, 0.15) is 11.4 Å². The highest BCUT2D eigenvalue weighted by Gasteiger charge is 2.53. The van der Waals surface area contributed by atoms with Crippen molar-refractivity contribution >= 4 is 24.2 Å². The smallest absolute Gasteiger partial charge is 0.462 e. The molecule has 1 heterocycles. The van der Waals surface area contributed by atoms with E-state index in [9.17, 15) is 19.3 Å². The van der Waals surface area contributed by atoms with Crippen LogP contribution in [0.4, 0.5) is 10.1 Å². The molecular weight excluding hydrogens is 320 g/mol. The number of esters is 1. The summed E-state index contributed by atoms with van der Waals surface area (Å²) in [6.45, 7) is 8.71. The number of rotatable bonds is 4. The Morgan fingerprint density at radius 1 is 1.29 bits per heavy atom. The molecule has 0 atom stereocenters. The first kappa shape index (κ1) is 18.3. The van der Waals surface area contributed by atoms with Crippen molar-refractivity contribution in [1.82, 2.24) is 0 Å². The lowest BCUT2D eigenvalue weighted by atomic mass is 9.78. The summed E-state index contributed by atoms with van der Waals surface area (Å²) in [6, 6.07) is 1.75. The molecule has 24 heavy (non-hydrogen) atoms. The molecule has 1 aromatic rings. The molecule has 1 aliphatic rings. The molecule has 130 valence electrons. The van der Waals surface area contributed by atoms with Crippen LogP contribution in [-0.4, -0.2) is 35.8 Å². The molecule has 7 nitrogen and oxygen atoms in total. The van der Waals surface area contributed by atoms with Crippen molar-refractivity contribution in [3.63, 3.8) is 0 Å². The minimum absolute atomic E-state index is 0.0244. The second-order valence-electron chi connectivity index (χ2n) is 6.46. The van der Waals surface area contributed by atoms with E-state index in [1.807, 2.05) is 0 Å². The van der Waals surface area contributed by atoms with Crippen molar-refractivity contribution in [3.05, 3.63) is 33.6 Å². The van der Waals surface area contributed by atoms with E-state index in [1.54, 1.807) is 34.6 Å². The number of ether oxygens (including phenoxy) is 1. The van der Waals surface area contributed by atoms with Crippen molar-refractivity contribution in [2.45, 2.75) is 45.8 Å². The Balaban J connectivity index is 2.49. The summed E-state index contributed by atoms with van der Waals surface area (Å²) in [5, 5.41) is 11.3. The van der Waals surface area contributed by atoms with Gasteiger partial charge in [-0.3, -0.25) is 10.1 Å². The summed E-state index contributed by atoms with van der Waals surface area (Å²) in [5.74, 6) is -1.79. The van der Waals surface area contributed by atoms with Gasteiger partial charge in [-0.05, 0) is 40.7 Å². The Kier molecular flexibility index (Phi) is 4.69. The summed E-state index contributed by atoms with van der Waals surface area (Å²) in [4.78, 5) is 22.3. The molecule has 0 radical (unpaired) electrons. The van der Waals surface area contributed by atoms with Gasteiger partial charge in [0, 0.05) is 11.5 Å². The van der Waals surface area contributed by atoms with Gasteiger partial charge in [-0.1, -0.05) is 0 Å². The highest BCUT2D eigenvalue weighted by Crippen LogP contribution is 2.37. The van der Waals surface area contributed by atoms with Crippen LogP contribution in [-0.2, 0) is 14.0 Å². The van der Waals surface area contributed by atoms with Crippen LogP contribution in [0.5, 0.6) is 0 Å². The molecular formula is C15H19BFNO6. The monoisotopic (exact) mass is 339 g/mol. The number of nitrogens with zero attached hydrogens (tertiary/aromatic N) is 1. The van der Waals surface area contributed by atoms with Gasteiger partial charge >= 0.3 is 13.1 Å². The van der Waals surface area contributed by atoms with E-state index in [4.69, 9.17) is 14.0 Å². The van der Waals surface area contributed by atoms with Crippen LogP contribution in [0.15, 0.2) is 12.1 Å². The lowest BCUT2D eigenvalue weighted by molar-refractivity contribution is -0.385. The van der Waals surface area contributed by atoms with Gasteiger partial charge in [0.25, 0.3) is 5.69 Å². The SMILES string of the molecule is CCOC(=O)c1cc(F)c(B2OC(C)(C)C(C)(C)O2)cc1[N+](=O)[O-]. The van der Waals surface area contributed by atoms with E-state index >= 15 is 0 Å². The summed E-state index contributed by atoms with van der Waals surface area (Å²) >= 11 is 0. The third kappa shape index (κ3) is 3.14. The summed E-state index contributed by atoms with van der Waals surface area (Å²) in [6.07, 6.45) is 0. The van der Waals surface area contributed by atoms with Crippen LogP contribution in [0.1, 0.15) is 45.0 Å². The van der Waals surface area contributed by atoms with Crippen molar-refractivity contribution in [1.29, 1.82) is 0 Å². The fourth-order valence-corrected chi connectivity index (χ4v) is 2.25. The molecule has 1 saturated heterocycles. The van der Waals surface area contributed by atoms with Gasteiger partial charge in [-0.25, -0.2) is 9.18 Å². The highest BCUT2D eigenvalue weighted by atomic mass is 19.1. The lowest BCUT2D eigenvalue weighted by Gasteiger charge is -2.32. The van der Waals surface area contributed by atoms with Crippen molar-refractivity contribution in [3.8, 4) is 0 Å². The van der Waals surface area contributed by atoms with E-state index in [2.05, 4.69) is 0 Å². The molecule has 2 rings (SSSR count). The maximum absolute atomic E-state index is 14.5. The highest BCUT2D eigenvalue weighted by molar-refractivity contribution is 6.62. The van der Waals surface area contributed by atoms with E-state index in [-0.39, 0.29) is 12.1 Å². The average molecular weight is 339 g/mol. The maximum Gasteiger partial charge on any atom is 0.498 e. The second kappa shape index (κ2) is 6.14. The first-order chi connectivity index (χ1) is 11.0. The zero-order valence-corrected chi connectivity index (χ0v) is 14.2. The molecule has 1 aliphatic heterocycles. The van der Waals surface area contributed by atoms with Gasteiger partial charge in [-0.15, -0.1) is 0 Å². The van der Waals surface area contributed by atoms with Crippen LogP contribution < -0.4 is 5.46 Å². The first-order valence-electron chi connectivity index (χ1n) is 7.50. The molecule has 0 aromatic heterocycles. The number of benzene rings is 1. The Bertz CT molecular complexity index is 675. The van der Waals surface area contributed by atoms with Gasteiger partial charge in [0.05, 0.1) is 22.7 Å². The van der Waals surface area contributed by atoms with E-state index in [1.165, 1.54) is 0 Å². The molecule has 0 spiro atoms. The second-order valence-corrected chi connectivity index (χ2v) is 6.46. The van der Waals surface area contributed by atoms with E-state index < -0.39 is 46.3 Å². The number of hydrogen-bond donors (Lipinski definition) is 0. The van der Waals surface area contributed by atoms with Crippen LogP contribution in [0.3, 0.4) is 0 Å². The molecule has 0 saturated carbocycles.